The minimum atomic E-state index is -1.73. The first-order valence-electron chi connectivity index (χ1n) is 21.7. The number of carboxylic acids is 1. The third-order valence-electron chi connectivity index (χ3n) is 10.5. The zero-order chi connectivity index (χ0) is 48.3. The minimum Gasteiger partial charge on any atom is -0.476 e. The van der Waals surface area contributed by atoms with E-state index in [-0.39, 0.29) is 54.6 Å². The molecule has 0 saturated carbocycles. The molecule has 0 aliphatic rings. The second-order valence-electron chi connectivity index (χ2n) is 15.0. The summed E-state index contributed by atoms with van der Waals surface area (Å²) < 4.78 is 39.4. The van der Waals surface area contributed by atoms with Crippen molar-refractivity contribution in [3.05, 3.63) is 213 Å². The van der Waals surface area contributed by atoms with E-state index in [9.17, 15) is 14.7 Å². The number of halogens is 1. The van der Waals surface area contributed by atoms with E-state index in [1.165, 1.54) is 23.5 Å². The van der Waals surface area contributed by atoms with Gasteiger partial charge in [-0.25, -0.2) is 14.6 Å². The van der Waals surface area contributed by atoms with Crippen LogP contribution in [0.2, 0.25) is 5.02 Å². The van der Waals surface area contributed by atoms with Gasteiger partial charge in [-0.05, 0) is 39.9 Å². The number of rotatable bonds is 26. The number of nitrogens with zero attached hydrogens (tertiary/aromatic N) is 2. The lowest BCUT2D eigenvalue weighted by Crippen LogP contribution is -2.38. The highest BCUT2D eigenvalue weighted by molar-refractivity contribution is 7.14. The van der Waals surface area contributed by atoms with Crippen molar-refractivity contribution in [2.45, 2.75) is 17.7 Å². The largest absolute Gasteiger partial charge is 0.476 e. The van der Waals surface area contributed by atoms with Crippen LogP contribution in [0.15, 0.2) is 174 Å². The molecule has 1 heterocycles. The molecule has 7 rings (SSSR count). The maximum Gasteiger partial charge on any atom is 0.360 e. The number of anilines is 1. The number of nitrogens with one attached hydrogen (secondary N) is 1. The van der Waals surface area contributed by atoms with Gasteiger partial charge in [0.05, 0.1) is 31.5 Å². The highest BCUT2D eigenvalue weighted by atomic mass is 35.5. The molecule has 0 fully saturated rings. The van der Waals surface area contributed by atoms with E-state index in [4.69, 9.17) is 54.6 Å². The highest BCUT2D eigenvalue weighted by Gasteiger charge is 2.38. The molecule has 0 aliphatic carbocycles. The summed E-state index contributed by atoms with van der Waals surface area (Å²) in [6.07, 6.45) is -2.64. The Morgan fingerprint density at radius 2 is 1.17 bits per heavy atom. The molecule has 0 aliphatic heterocycles. The molecule has 1 unspecified atom stereocenters. The summed E-state index contributed by atoms with van der Waals surface area (Å²) in [6.45, 7) is 0.607. The van der Waals surface area contributed by atoms with Gasteiger partial charge in [-0.2, -0.15) is 0 Å². The number of carbonyl (C=O) groups is 2. The number of carboxylic acid groups (broad SMARTS) is 1. The van der Waals surface area contributed by atoms with Gasteiger partial charge in [0.15, 0.2) is 36.3 Å². The summed E-state index contributed by atoms with van der Waals surface area (Å²) in [5, 5.41) is 20.4. The van der Waals surface area contributed by atoms with E-state index in [0.717, 1.165) is 16.7 Å². The number of aliphatic carboxylic acids is 1. The van der Waals surface area contributed by atoms with E-state index >= 15 is 0 Å². The SMILES string of the molecule is COCCOCOc1cc(C(O/N=C(\C(=O)O)c2csc(NC(c3ccccc3)(c3ccccc3)c3ccccc3)n2)C(=O)OC(c2ccccc2)c2ccccc2)cc(Cl)c1OCOCCOC. The summed E-state index contributed by atoms with van der Waals surface area (Å²) in [4.78, 5) is 38.7. The summed E-state index contributed by atoms with van der Waals surface area (Å²) in [5.74, 6) is -2.29. The minimum absolute atomic E-state index is 0.00446. The van der Waals surface area contributed by atoms with Crippen molar-refractivity contribution in [3.63, 3.8) is 0 Å². The second kappa shape index (κ2) is 25.3. The molecular weight excluding hydrogens is 922 g/mol. The molecule has 16 heteroatoms. The zero-order valence-corrected chi connectivity index (χ0v) is 39.3. The number of thiazole rings is 1. The summed E-state index contributed by atoms with van der Waals surface area (Å²) in [6, 6.07) is 50.8. The Balaban J connectivity index is 1.28. The molecule has 1 atom stereocenters. The van der Waals surface area contributed by atoms with Crippen LogP contribution in [0, 0.1) is 0 Å². The number of hydrogen-bond acceptors (Lipinski definition) is 14. The first-order valence-corrected chi connectivity index (χ1v) is 23.0. The molecule has 0 amide bonds. The van der Waals surface area contributed by atoms with Crippen LogP contribution in [-0.2, 0) is 43.6 Å². The molecule has 0 saturated heterocycles. The molecule has 6 aromatic carbocycles. The normalized spacial score (nSPS) is 12.0. The van der Waals surface area contributed by atoms with Gasteiger partial charge in [-0.3, -0.25) is 0 Å². The highest BCUT2D eigenvalue weighted by Crippen LogP contribution is 2.42. The third-order valence-corrected chi connectivity index (χ3v) is 11.6. The standard InChI is InChI=1S/C53H50ClN3O11S/c1-61-28-30-63-35-65-45-33-39(32-43(54)49(45)66-36-64-31-29-62-2)48(51(60)67-47(37-18-8-3-9-19-37)38-20-10-4-11-21-38)68-57-46(50(58)59)44-34-69-52(55-44)56-53(40-22-12-5-13-23-40,41-24-14-6-15-25-41)42-26-16-7-17-27-42/h3-27,32-34,47-48H,28-31,35-36H2,1-2H3,(H,55,56)(H,58,59)/b57-46-. The molecule has 2 N–H and O–H groups in total. The van der Waals surface area contributed by atoms with Crippen LogP contribution in [-0.4, -0.2) is 82.0 Å². The van der Waals surface area contributed by atoms with Crippen molar-refractivity contribution in [3.8, 4) is 11.5 Å². The van der Waals surface area contributed by atoms with E-state index in [2.05, 4.69) is 10.5 Å². The predicted octanol–water partition coefficient (Wildman–Crippen LogP) is 10.1. The molecule has 0 radical (unpaired) electrons. The fraction of sp³-hybridized carbons (Fsp3) is 0.208. The smallest absolute Gasteiger partial charge is 0.360 e. The number of hydrogen-bond donors (Lipinski definition) is 2. The van der Waals surface area contributed by atoms with Crippen molar-refractivity contribution >= 4 is 45.7 Å². The Kier molecular flexibility index (Phi) is 18.3. The first kappa shape index (κ1) is 49.8. The van der Waals surface area contributed by atoms with Crippen molar-refractivity contribution in [2.75, 3.05) is 59.5 Å². The van der Waals surface area contributed by atoms with Crippen molar-refractivity contribution < 1.29 is 52.7 Å². The molecule has 14 nitrogen and oxygen atoms in total. The number of carbonyl (C=O) groups excluding carboxylic acids is 1. The average molecular weight is 973 g/mol. The maximum absolute atomic E-state index is 14.7. The number of esters is 1. The molecular formula is C53H50ClN3O11S. The van der Waals surface area contributed by atoms with E-state index in [0.29, 0.717) is 29.5 Å². The number of aromatic nitrogens is 1. The van der Waals surface area contributed by atoms with Crippen LogP contribution >= 0.6 is 22.9 Å². The summed E-state index contributed by atoms with van der Waals surface area (Å²) in [5.41, 5.74) is 2.57. The third kappa shape index (κ3) is 12.9. The van der Waals surface area contributed by atoms with Crippen LogP contribution in [0.25, 0.3) is 0 Å². The van der Waals surface area contributed by atoms with Crippen LogP contribution in [0.4, 0.5) is 5.13 Å². The van der Waals surface area contributed by atoms with Gasteiger partial charge < -0.3 is 48.4 Å². The molecule has 0 bridgehead atoms. The molecule has 356 valence electrons. The van der Waals surface area contributed by atoms with Gasteiger partial charge in [0.1, 0.15) is 11.2 Å². The van der Waals surface area contributed by atoms with Crippen molar-refractivity contribution in [2.24, 2.45) is 5.16 Å². The molecule has 7 aromatic rings. The topological polar surface area (TPSA) is 165 Å². The van der Waals surface area contributed by atoms with Gasteiger partial charge in [0.2, 0.25) is 11.8 Å². The Hall–Kier alpha value is -7.11. The van der Waals surface area contributed by atoms with Crippen molar-refractivity contribution in [1.82, 2.24) is 4.98 Å². The number of benzene rings is 6. The van der Waals surface area contributed by atoms with Gasteiger partial charge in [-0.1, -0.05) is 168 Å². The van der Waals surface area contributed by atoms with Crippen molar-refractivity contribution in [1.29, 1.82) is 0 Å². The van der Waals surface area contributed by atoms with Crippen LogP contribution in [0.5, 0.6) is 11.5 Å². The quantitative estimate of drug-likeness (QED) is 0.0132. The number of oxime groups is 1. The lowest BCUT2D eigenvalue weighted by molar-refractivity contribution is -0.162. The zero-order valence-electron chi connectivity index (χ0n) is 37.8. The second-order valence-corrected chi connectivity index (χ2v) is 16.3. The van der Waals surface area contributed by atoms with Gasteiger partial charge in [0.25, 0.3) is 0 Å². The molecule has 69 heavy (non-hydrogen) atoms. The summed E-state index contributed by atoms with van der Waals surface area (Å²) in [7, 11) is 3.09. The Morgan fingerprint density at radius 1 is 0.681 bits per heavy atom. The van der Waals surface area contributed by atoms with E-state index < -0.39 is 35.4 Å². The van der Waals surface area contributed by atoms with Crippen LogP contribution < -0.4 is 14.8 Å². The van der Waals surface area contributed by atoms with Crippen LogP contribution in [0.3, 0.4) is 0 Å². The number of ether oxygens (including phenoxy) is 7. The first-order chi connectivity index (χ1) is 33.8. The fourth-order valence-corrected chi connectivity index (χ4v) is 8.30. The van der Waals surface area contributed by atoms with E-state index in [1.54, 1.807) is 19.6 Å². The molecule has 0 spiro atoms. The number of methoxy groups -OCH3 is 2. The predicted molar refractivity (Wildman–Crippen MR) is 262 cm³/mol. The maximum atomic E-state index is 14.7. The lowest BCUT2D eigenvalue weighted by atomic mass is 9.77. The van der Waals surface area contributed by atoms with E-state index in [1.807, 2.05) is 152 Å². The fourth-order valence-electron chi connectivity index (χ4n) is 7.28. The van der Waals surface area contributed by atoms with Crippen LogP contribution in [0.1, 0.15) is 51.3 Å². The van der Waals surface area contributed by atoms with Gasteiger partial charge >= 0.3 is 11.9 Å². The molecule has 1 aromatic heterocycles. The average Bonchev–Trinajstić information content (AvgIpc) is 3.85. The Bertz CT molecular complexity index is 2580. The van der Waals surface area contributed by atoms with Gasteiger partial charge in [-0.15, -0.1) is 11.3 Å². The van der Waals surface area contributed by atoms with Gasteiger partial charge in [0, 0.05) is 25.2 Å². The monoisotopic (exact) mass is 971 g/mol. The Morgan fingerprint density at radius 3 is 1.67 bits per heavy atom. The lowest BCUT2D eigenvalue weighted by Gasteiger charge is -2.36. The summed E-state index contributed by atoms with van der Waals surface area (Å²) >= 11 is 8.06. The Labute approximate surface area is 408 Å².